The van der Waals surface area contributed by atoms with Crippen LogP contribution < -0.4 is 16.4 Å². The molecule has 1 saturated carbocycles. The summed E-state index contributed by atoms with van der Waals surface area (Å²) in [6, 6.07) is 2.78. The van der Waals surface area contributed by atoms with Crippen molar-refractivity contribution in [3.63, 3.8) is 0 Å². The number of ether oxygens (including phenoxy) is 1. The van der Waals surface area contributed by atoms with Crippen LogP contribution in [0, 0.1) is 6.92 Å². The number of aromatic hydroxyl groups is 1. The highest BCUT2D eigenvalue weighted by Crippen LogP contribution is 2.33. The van der Waals surface area contributed by atoms with E-state index in [2.05, 4.69) is 10.6 Å². The van der Waals surface area contributed by atoms with Gasteiger partial charge < -0.3 is 31.1 Å². The number of para-hydroxylation sites is 1. The van der Waals surface area contributed by atoms with E-state index < -0.39 is 41.5 Å². The Morgan fingerprint density at radius 1 is 1.15 bits per heavy atom. The quantitative estimate of drug-likeness (QED) is 0.311. The van der Waals surface area contributed by atoms with E-state index in [9.17, 15) is 24.3 Å². The van der Waals surface area contributed by atoms with Crippen molar-refractivity contribution in [3.8, 4) is 5.75 Å². The third kappa shape index (κ3) is 10.1. The highest BCUT2D eigenvalue weighted by Gasteiger charge is 2.38. The summed E-state index contributed by atoms with van der Waals surface area (Å²) in [5, 5.41) is 16.7. The molecule has 1 aromatic rings. The summed E-state index contributed by atoms with van der Waals surface area (Å²) in [4.78, 5) is 53.7. The molecule has 4 amide bonds. The fourth-order valence-electron chi connectivity index (χ4n) is 4.77. The van der Waals surface area contributed by atoms with Gasteiger partial charge in [-0.15, -0.1) is 0 Å². The van der Waals surface area contributed by atoms with Crippen LogP contribution in [0.1, 0.15) is 103 Å². The molecule has 10 heteroatoms. The van der Waals surface area contributed by atoms with Crippen molar-refractivity contribution in [2.24, 2.45) is 5.73 Å². The number of nitrogens with one attached hydrogen (secondary N) is 2. The summed E-state index contributed by atoms with van der Waals surface area (Å²) in [5.41, 5.74) is 5.43. The van der Waals surface area contributed by atoms with Crippen molar-refractivity contribution >= 4 is 23.8 Å². The van der Waals surface area contributed by atoms with Gasteiger partial charge in [0, 0.05) is 24.6 Å². The second kappa shape index (κ2) is 14.7. The van der Waals surface area contributed by atoms with Gasteiger partial charge in [-0.2, -0.15) is 0 Å². The number of hydrogen-bond acceptors (Lipinski definition) is 6. The number of primary amides is 1. The Balaban J connectivity index is 2.51. The van der Waals surface area contributed by atoms with E-state index in [1.807, 2.05) is 6.92 Å². The van der Waals surface area contributed by atoms with E-state index in [0.29, 0.717) is 17.5 Å². The van der Waals surface area contributed by atoms with E-state index in [0.717, 1.165) is 38.5 Å². The molecule has 0 heterocycles. The van der Waals surface area contributed by atoms with Crippen LogP contribution in [0.25, 0.3) is 0 Å². The van der Waals surface area contributed by atoms with Crippen LogP contribution >= 0.6 is 0 Å². The summed E-state index contributed by atoms with van der Waals surface area (Å²) >= 11 is 0. The van der Waals surface area contributed by atoms with E-state index in [-0.39, 0.29) is 31.2 Å². The van der Waals surface area contributed by atoms with Crippen molar-refractivity contribution in [2.75, 3.05) is 6.54 Å². The molecule has 0 aliphatic heterocycles. The first-order chi connectivity index (χ1) is 18.3. The molecule has 0 radical (unpaired) electrons. The summed E-state index contributed by atoms with van der Waals surface area (Å²) in [6.07, 6.45) is 5.14. The van der Waals surface area contributed by atoms with Gasteiger partial charge in [0.1, 0.15) is 23.4 Å². The number of phenolic OH excluding ortho intramolecular Hbond substituents is 1. The maximum Gasteiger partial charge on any atom is 0.408 e. The SMILES string of the molecule is CCCCN(C(=O)C(CCC(N)=O)NC(=O)OC(C)(C)C)C(C(=O)NC1CCCCC1)c1cccc(C)c1O. The molecule has 1 aromatic carbocycles. The maximum absolute atomic E-state index is 14.1. The summed E-state index contributed by atoms with van der Waals surface area (Å²) in [5.74, 6) is -1.63. The third-order valence-electron chi connectivity index (χ3n) is 6.78. The molecular formula is C29H46N4O6. The monoisotopic (exact) mass is 546 g/mol. The van der Waals surface area contributed by atoms with Gasteiger partial charge in [-0.3, -0.25) is 14.4 Å². The van der Waals surface area contributed by atoms with Gasteiger partial charge in [-0.25, -0.2) is 4.79 Å². The van der Waals surface area contributed by atoms with Crippen molar-refractivity contribution < 1.29 is 29.0 Å². The largest absolute Gasteiger partial charge is 0.507 e. The molecule has 0 saturated heterocycles. The predicted molar refractivity (Wildman–Crippen MR) is 149 cm³/mol. The second-order valence-corrected chi connectivity index (χ2v) is 11.3. The number of benzene rings is 1. The average molecular weight is 547 g/mol. The average Bonchev–Trinajstić information content (AvgIpc) is 2.85. The van der Waals surface area contributed by atoms with Crippen molar-refractivity contribution in [2.45, 2.75) is 116 Å². The molecule has 0 spiro atoms. The van der Waals surface area contributed by atoms with Gasteiger partial charge in [-0.1, -0.05) is 50.8 Å². The van der Waals surface area contributed by atoms with Gasteiger partial charge in [0.2, 0.25) is 17.7 Å². The topological polar surface area (TPSA) is 151 Å². The summed E-state index contributed by atoms with van der Waals surface area (Å²) in [6.45, 7) is 9.00. The van der Waals surface area contributed by atoms with Crippen molar-refractivity contribution in [1.29, 1.82) is 0 Å². The number of aryl methyl sites for hydroxylation is 1. The maximum atomic E-state index is 14.1. The highest BCUT2D eigenvalue weighted by molar-refractivity contribution is 5.93. The van der Waals surface area contributed by atoms with E-state index in [4.69, 9.17) is 10.5 Å². The molecule has 2 atom stereocenters. The van der Waals surface area contributed by atoms with Crippen LogP contribution in [-0.2, 0) is 19.1 Å². The Hall–Kier alpha value is -3.30. The third-order valence-corrected chi connectivity index (χ3v) is 6.78. The highest BCUT2D eigenvalue weighted by atomic mass is 16.6. The molecule has 2 unspecified atom stereocenters. The number of hydrogen-bond donors (Lipinski definition) is 4. The Morgan fingerprint density at radius 3 is 2.41 bits per heavy atom. The van der Waals surface area contributed by atoms with Crippen LogP contribution in [0.15, 0.2) is 18.2 Å². The summed E-state index contributed by atoms with van der Waals surface area (Å²) in [7, 11) is 0. The minimum absolute atomic E-state index is 0.0191. The van der Waals surface area contributed by atoms with E-state index in [1.165, 1.54) is 4.90 Å². The Labute approximate surface area is 232 Å². The lowest BCUT2D eigenvalue weighted by molar-refractivity contribution is -0.143. The number of carbonyl (C=O) groups is 4. The molecule has 39 heavy (non-hydrogen) atoms. The molecule has 218 valence electrons. The molecule has 10 nitrogen and oxygen atoms in total. The van der Waals surface area contributed by atoms with E-state index in [1.54, 1.807) is 45.9 Å². The molecule has 1 aliphatic rings. The molecule has 2 rings (SSSR count). The van der Waals surface area contributed by atoms with Crippen LogP contribution in [0.5, 0.6) is 5.75 Å². The van der Waals surface area contributed by atoms with Crippen molar-refractivity contribution in [1.82, 2.24) is 15.5 Å². The van der Waals surface area contributed by atoms with Crippen molar-refractivity contribution in [3.05, 3.63) is 29.3 Å². The zero-order valence-electron chi connectivity index (χ0n) is 24.0. The van der Waals surface area contributed by atoms with Gasteiger partial charge in [0.05, 0.1) is 0 Å². The minimum atomic E-state index is -1.17. The number of rotatable bonds is 12. The zero-order valence-corrected chi connectivity index (χ0v) is 24.0. The van der Waals surface area contributed by atoms with Gasteiger partial charge in [-0.05, 0) is 58.9 Å². The fourth-order valence-corrected chi connectivity index (χ4v) is 4.77. The Bertz CT molecular complexity index is 1000. The first-order valence-corrected chi connectivity index (χ1v) is 14.0. The number of alkyl carbamates (subject to hydrolysis) is 1. The number of nitrogens with two attached hydrogens (primary N) is 1. The van der Waals surface area contributed by atoms with E-state index >= 15 is 0 Å². The summed E-state index contributed by atoms with van der Waals surface area (Å²) < 4.78 is 5.36. The van der Waals surface area contributed by atoms with Gasteiger partial charge in [0.25, 0.3) is 0 Å². The van der Waals surface area contributed by atoms with Crippen LogP contribution in [0.3, 0.4) is 0 Å². The molecule has 1 aliphatic carbocycles. The fraction of sp³-hybridized carbons (Fsp3) is 0.655. The number of phenols is 1. The predicted octanol–water partition coefficient (Wildman–Crippen LogP) is 3.98. The van der Waals surface area contributed by atoms with Crippen LogP contribution in [-0.4, -0.2) is 58.1 Å². The number of carbonyl (C=O) groups excluding carboxylic acids is 4. The molecule has 5 N–H and O–H groups in total. The second-order valence-electron chi connectivity index (χ2n) is 11.3. The number of amides is 4. The molecular weight excluding hydrogens is 500 g/mol. The Kier molecular flexibility index (Phi) is 12.1. The molecule has 0 bridgehead atoms. The Morgan fingerprint density at radius 2 is 1.82 bits per heavy atom. The number of unbranched alkanes of at least 4 members (excludes halogenated alkanes) is 1. The standard InChI is InChI=1S/C29H46N4O6/c1-6-7-18-33(27(37)22(16-17-23(30)34)32-28(38)39-29(3,4)5)24(21-15-11-12-19(2)25(21)35)26(36)31-20-13-9-8-10-14-20/h11-12,15,20,22,24,35H,6-10,13-14,16-18H2,1-5H3,(H2,30,34)(H,31,36)(H,32,38). The van der Waals surface area contributed by atoms with Gasteiger partial charge in [0.15, 0.2) is 0 Å². The molecule has 1 fully saturated rings. The normalized spacial score (nSPS) is 15.6. The lowest BCUT2D eigenvalue weighted by Gasteiger charge is -2.36. The lowest BCUT2D eigenvalue weighted by atomic mass is 9.94. The lowest BCUT2D eigenvalue weighted by Crippen LogP contribution is -2.54. The van der Waals surface area contributed by atoms with Crippen LogP contribution in [0.4, 0.5) is 4.79 Å². The first kappa shape index (κ1) is 31.9. The number of nitrogens with zero attached hydrogens (tertiary/aromatic N) is 1. The molecule has 0 aromatic heterocycles. The zero-order chi connectivity index (χ0) is 29.2. The van der Waals surface area contributed by atoms with Crippen LogP contribution in [0.2, 0.25) is 0 Å². The minimum Gasteiger partial charge on any atom is -0.507 e. The smallest absolute Gasteiger partial charge is 0.408 e. The first-order valence-electron chi connectivity index (χ1n) is 14.0. The van der Waals surface area contributed by atoms with Gasteiger partial charge >= 0.3 is 6.09 Å².